The van der Waals surface area contributed by atoms with Crippen LogP contribution < -0.4 is 27.8 Å². The number of rotatable bonds is 13. The van der Waals surface area contributed by atoms with E-state index in [0.29, 0.717) is 32.4 Å². The van der Waals surface area contributed by atoms with Crippen molar-refractivity contribution in [3.8, 4) is 0 Å². The molecule has 0 saturated carbocycles. The number of nitrogens with two attached hydrogens (primary N) is 3. The first-order valence-corrected chi connectivity index (χ1v) is 10.0. The molecule has 0 aromatic rings. The highest BCUT2D eigenvalue weighted by Gasteiger charge is 2.36. The van der Waals surface area contributed by atoms with Gasteiger partial charge in [-0.05, 0) is 38.6 Å². The minimum atomic E-state index is -1.31. The van der Waals surface area contributed by atoms with E-state index in [0.717, 1.165) is 12.8 Å². The molecule has 1 heterocycles. The number of amides is 4. The number of unbranched alkanes of at least 4 members (excludes halogenated alkanes) is 1. The van der Waals surface area contributed by atoms with Crippen LogP contribution in [0.5, 0.6) is 0 Å². The maximum Gasteiger partial charge on any atom is 0.326 e. The molecule has 3 unspecified atom stereocenters. The predicted molar refractivity (Wildman–Crippen MR) is 107 cm³/mol. The van der Waals surface area contributed by atoms with Crippen molar-refractivity contribution in [3.05, 3.63) is 0 Å². The minimum absolute atomic E-state index is 0.155. The molecule has 9 N–H and O–H groups in total. The molecule has 12 heteroatoms. The Balaban J connectivity index is 2.53. The molecule has 1 aliphatic heterocycles. The number of aliphatic carboxylic acids is 1. The van der Waals surface area contributed by atoms with Gasteiger partial charge in [0.1, 0.15) is 12.1 Å². The molecule has 0 bridgehead atoms. The molecular formula is C18H32N6O6. The van der Waals surface area contributed by atoms with E-state index in [1.54, 1.807) is 0 Å². The van der Waals surface area contributed by atoms with E-state index in [1.807, 2.05) is 0 Å². The van der Waals surface area contributed by atoms with Gasteiger partial charge in [-0.3, -0.25) is 19.2 Å². The number of carboxylic acid groups (broad SMARTS) is 1. The van der Waals surface area contributed by atoms with Crippen molar-refractivity contribution in [1.29, 1.82) is 0 Å². The van der Waals surface area contributed by atoms with E-state index in [1.165, 1.54) is 4.90 Å². The molecule has 30 heavy (non-hydrogen) atoms. The number of hydrogen-bond donors (Lipinski definition) is 6. The first-order chi connectivity index (χ1) is 14.2. The SMILES string of the molecule is NCCCCC(N)C(=O)N1CCCC1C(=O)NCC(=O)NC(CCC(N)=O)C(=O)O. The molecular weight excluding hydrogens is 396 g/mol. The molecule has 3 atom stereocenters. The summed E-state index contributed by atoms with van der Waals surface area (Å²) in [5.41, 5.74) is 16.4. The molecule has 0 radical (unpaired) electrons. The van der Waals surface area contributed by atoms with Gasteiger partial charge in [0, 0.05) is 13.0 Å². The Labute approximate surface area is 174 Å². The number of carboxylic acids is 1. The lowest BCUT2D eigenvalue weighted by Gasteiger charge is -2.26. The molecule has 1 aliphatic rings. The largest absolute Gasteiger partial charge is 0.480 e. The molecule has 12 nitrogen and oxygen atoms in total. The highest BCUT2D eigenvalue weighted by atomic mass is 16.4. The van der Waals surface area contributed by atoms with E-state index in [4.69, 9.17) is 22.3 Å². The van der Waals surface area contributed by atoms with Crippen LogP contribution in [-0.4, -0.2) is 77.4 Å². The normalized spacial score (nSPS) is 17.8. The van der Waals surface area contributed by atoms with Gasteiger partial charge in [0.15, 0.2) is 0 Å². The fourth-order valence-corrected chi connectivity index (χ4v) is 3.22. The third-order valence-corrected chi connectivity index (χ3v) is 4.86. The molecule has 0 aromatic heterocycles. The maximum atomic E-state index is 12.5. The second kappa shape index (κ2) is 12.8. The monoisotopic (exact) mass is 428 g/mol. The number of nitrogens with zero attached hydrogens (tertiary/aromatic N) is 1. The van der Waals surface area contributed by atoms with E-state index < -0.39 is 48.4 Å². The van der Waals surface area contributed by atoms with Crippen LogP contribution in [0.4, 0.5) is 0 Å². The van der Waals surface area contributed by atoms with Gasteiger partial charge in [0.25, 0.3) is 0 Å². The average Bonchev–Trinajstić information content (AvgIpc) is 3.18. The van der Waals surface area contributed by atoms with Crippen LogP contribution in [0.3, 0.4) is 0 Å². The number of carbonyl (C=O) groups is 5. The van der Waals surface area contributed by atoms with Crippen LogP contribution in [0.15, 0.2) is 0 Å². The van der Waals surface area contributed by atoms with Crippen molar-refractivity contribution in [2.24, 2.45) is 17.2 Å². The van der Waals surface area contributed by atoms with E-state index in [9.17, 15) is 24.0 Å². The Kier molecular flexibility index (Phi) is 10.8. The topological polar surface area (TPSA) is 211 Å². The summed E-state index contributed by atoms with van der Waals surface area (Å²) in [5, 5.41) is 13.7. The first-order valence-electron chi connectivity index (χ1n) is 10.0. The number of nitrogens with one attached hydrogen (secondary N) is 2. The van der Waals surface area contributed by atoms with E-state index in [-0.39, 0.29) is 18.7 Å². The van der Waals surface area contributed by atoms with Crippen LogP contribution in [0, 0.1) is 0 Å². The van der Waals surface area contributed by atoms with Crippen molar-refractivity contribution < 1.29 is 29.1 Å². The quantitative estimate of drug-likeness (QED) is 0.171. The van der Waals surface area contributed by atoms with Gasteiger partial charge >= 0.3 is 5.97 Å². The highest BCUT2D eigenvalue weighted by molar-refractivity contribution is 5.93. The Morgan fingerprint density at radius 1 is 1.13 bits per heavy atom. The first kappa shape index (κ1) is 25.3. The summed E-state index contributed by atoms with van der Waals surface area (Å²) in [6.45, 7) is 0.463. The number of primary amides is 1. The molecule has 0 aliphatic carbocycles. The summed E-state index contributed by atoms with van der Waals surface area (Å²) >= 11 is 0. The smallest absolute Gasteiger partial charge is 0.326 e. The van der Waals surface area contributed by atoms with E-state index >= 15 is 0 Å². The highest BCUT2D eigenvalue weighted by Crippen LogP contribution is 2.19. The minimum Gasteiger partial charge on any atom is -0.480 e. The molecule has 1 fully saturated rings. The molecule has 1 rings (SSSR count). The standard InChI is InChI=1S/C18H32N6O6/c19-8-2-1-4-11(20)17(28)24-9-3-5-13(24)16(27)22-10-15(26)23-12(18(29)30)6-7-14(21)25/h11-13H,1-10,19-20H2,(H2,21,25)(H,22,27)(H,23,26)(H,29,30). The predicted octanol–water partition coefficient (Wildman–Crippen LogP) is -2.62. The van der Waals surface area contributed by atoms with Crippen molar-refractivity contribution in [2.45, 2.75) is 63.1 Å². The van der Waals surface area contributed by atoms with Crippen molar-refractivity contribution in [2.75, 3.05) is 19.6 Å². The lowest BCUT2D eigenvalue weighted by Crippen LogP contribution is -2.53. The summed E-state index contributed by atoms with van der Waals surface area (Å²) in [6.07, 6.45) is 2.69. The lowest BCUT2D eigenvalue weighted by molar-refractivity contribution is -0.142. The second-order valence-electron chi connectivity index (χ2n) is 7.26. The van der Waals surface area contributed by atoms with Gasteiger partial charge in [-0.1, -0.05) is 6.42 Å². The Bertz CT molecular complexity index is 643. The summed E-state index contributed by atoms with van der Waals surface area (Å²) in [6, 6.07) is -2.73. The van der Waals surface area contributed by atoms with Gasteiger partial charge in [-0.15, -0.1) is 0 Å². The molecule has 1 saturated heterocycles. The number of carbonyl (C=O) groups excluding carboxylic acids is 4. The Morgan fingerprint density at radius 3 is 2.43 bits per heavy atom. The average molecular weight is 428 g/mol. The van der Waals surface area contributed by atoms with Gasteiger partial charge in [-0.25, -0.2) is 4.79 Å². The van der Waals surface area contributed by atoms with Gasteiger partial charge < -0.3 is 37.8 Å². The van der Waals surface area contributed by atoms with Gasteiger partial charge in [0.2, 0.25) is 23.6 Å². The summed E-state index contributed by atoms with van der Waals surface area (Å²) < 4.78 is 0. The zero-order valence-corrected chi connectivity index (χ0v) is 17.0. The Hall–Kier alpha value is -2.73. The summed E-state index contributed by atoms with van der Waals surface area (Å²) in [5.74, 6) is -3.54. The van der Waals surface area contributed by atoms with E-state index in [2.05, 4.69) is 10.6 Å². The maximum absolute atomic E-state index is 12.5. The molecule has 4 amide bonds. The molecule has 0 spiro atoms. The lowest BCUT2D eigenvalue weighted by atomic mass is 10.1. The number of likely N-dealkylation sites (tertiary alicyclic amines) is 1. The van der Waals surface area contributed by atoms with Crippen LogP contribution in [0.1, 0.15) is 44.9 Å². The van der Waals surface area contributed by atoms with Crippen molar-refractivity contribution >= 4 is 29.6 Å². The van der Waals surface area contributed by atoms with Crippen LogP contribution in [-0.2, 0) is 24.0 Å². The summed E-state index contributed by atoms with van der Waals surface area (Å²) in [4.78, 5) is 60.4. The zero-order valence-electron chi connectivity index (χ0n) is 17.0. The third-order valence-electron chi connectivity index (χ3n) is 4.86. The zero-order chi connectivity index (χ0) is 22.7. The van der Waals surface area contributed by atoms with Crippen LogP contribution in [0.25, 0.3) is 0 Å². The summed E-state index contributed by atoms with van der Waals surface area (Å²) in [7, 11) is 0. The number of hydrogen-bond acceptors (Lipinski definition) is 7. The third kappa shape index (κ3) is 8.33. The van der Waals surface area contributed by atoms with Crippen LogP contribution >= 0.6 is 0 Å². The fraction of sp³-hybridized carbons (Fsp3) is 0.722. The van der Waals surface area contributed by atoms with Crippen LogP contribution in [0.2, 0.25) is 0 Å². The second-order valence-corrected chi connectivity index (χ2v) is 7.26. The molecule has 0 aromatic carbocycles. The van der Waals surface area contributed by atoms with Gasteiger partial charge in [0.05, 0.1) is 12.6 Å². The Morgan fingerprint density at radius 2 is 1.83 bits per heavy atom. The van der Waals surface area contributed by atoms with Gasteiger partial charge in [-0.2, -0.15) is 0 Å². The molecule has 170 valence electrons. The van der Waals surface area contributed by atoms with Crippen molar-refractivity contribution in [1.82, 2.24) is 15.5 Å². The van der Waals surface area contributed by atoms with Crippen molar-refractivity contribution in [3.63, 3.8) is 0 Å². The fourth-order valence-electron chi connectivity index (χ4n) is 3.22.